The van der Waals surface area contributed by atoms with Crippen LogP contribution in [0.5, 0.6) is 0 Å². The van der Waals surface area contributed by atoms with Crippen LogP contribution in [0.2, 0.25) is 0 Å². The molecule has 2 rings (SSSR count). The minimum absolute atomic E-state index is 0.0664. The van der Waals surface area contributed by atoms with E-state index in [0.717, 1.165) is 11.1 Å². The molecule has 0 aromatic heterocycles. The van der Waals surface area contributed by atoms with Gasteiger partial charge < -0.3 is 0 Å². The van der Waals surface area contributed by atoms with Gasteiger partial charge >= 0.3 is 0 Å². The zero-order chi connectivity index (χ0) is 16.5. The van der Waals surface area contributed by atoms with E-state index < -0.39 is 0 Å². The summed E-state index contributed by atoms with van der Waals surface area (Å²) in [6.45, 7) is 0. The van der Waals surface area contributed by atoms with Gasteiger partial charge in [0.2, 0.25) is 0 Å². The molecule has 23 heavy (non-hydrogen) atoms. The first-order valence-corrected chi connectivity index (χ1v) is 7.33. The Bertz CT molecular complexity index is 817. The van der Waals surface area contributed by atoms with Crippen molar-refractivity contribution in [3.05, 3.63) is 95.6 Å². The van der Waals surface area contributed by atoms with Crippen LogP contribution in [0.25, 0.3) is 10.6 Å². The van der Waals surface area contributed by atoms with Crippen molar-refractivity contribution in [1.29, 1.82) is 10.5 Å². The van der Waals surface area contributed by atoms with Crippen molar-refractivity contribution in [2.45, 2.75) is 0 Å². The molecule has 0 amide bonds. The quantitative estimate of drug-likeness (QED) is 0.566. The average Bonchev–Trinajstić information content (AvgIpc) is 2.62. The second kappa shape index (κ2) is 8.39. The Balaban J connectivity index is 2.35. The van der Waals surface area contributed by atoms with Crippen molar-refractivity contribution < 1.29 is 0 Å². The van der Waals surface area contributed by atoms with Gasteiger partial charge in [0.1, 0.15) is 17.7 Å². The van der Waals surface area contributed by atoms with Gasteiger partial charge in [0.25, 0.3) is 0 Å². The third kappa shape index (κ3) is 4.45. The van der Waals surface area contributed by atoms with Gasteiger partial charge in [-0.2, -0.15) is 10.5 Å². The summed E-state index contributed by atoms with van der Waals surface area (Å²) in [5.41, 5.74) is 2.36. The minimum atomic E-state index is 0.0664. The number of hydrogen-bond donors (Lipinski definition) is 0. The Hall–Kier alpha value is -3.07. The van der Waals surface area contributed by atoms with Gasteiger partial charge in [-0.1, -0.05) is 84.4 Å². The molecule has 0 aliphatic rings. The fourth-order valence-electron chi connectivity index (χ4n) is 2.01. The molecule has 0 fully saturated rings. The van der Waals surface area contributed by atoms with E-state index in [0.29, 0.717) is 10.6 Å². The van der Waals surface area contributed by atoms with Gasteiger partial charge in [0, 0.05) is 10.6 Å². The number of hydrogen-bond acceptors (Lipinski definition) is 2. The van der Waals surface area contributed by atoms with Crippen LogP contribution in [-0.2, 0) is 0 Å². The summed E-state index contributed by atoms with van der Waals surface area (Å²) in [6.07, 6.45) is 5.21. The van der Waals surface area contributed by atoms with E-state index in [1.165, 1.54) is 0 Å². The van der Waals surface area contributed by atoms with Crippen molar-refractivity contribution >= 4 is 22.2 Å². The third-order valence-electron chi connectivity index (χ3n) is 3.13. The first-order valence-electron chi connectivity index (χ1n) is 6.95. The number of nitrogens with zero attached hydrogens (tertiary/aromatic N) is 2. The lowest BCUT2D eigenvalue weighted by molar-refractivity contribution is 1.46. The molecule has 0 saturated heterocycles. The van der Waals surface area contributed by atoms with Crippen LogP contribution in [0.3, 0.4) is 0 Å². The summed E-state index contributed by atoms with van der Waals surface area (Å²) in [5, 5.41) is 18.9. The molecule has 2 nitrogen and oxygen atoms in total. The van der Waals surface area contributed by atoms with Gasteiger partial charge in [0.15, 0.2) is 0 Å². The standard InChI is InChI=1S/C20H13ClN2/c21-20(17-10-5-2-6-11-17)13-7-12-19(18(14-22)15-23)16-8-3-1-4-9-16/h1-13H. The van der Waals surface area contributed by atoms with Gasteiger partial charge in [-0.3, -0.25) is 0 Å². The number of rotatable bonds is 4. The van der Waals surface area contributed by atoms with Crippen molar-refractivity contribution in [2.75, 3.05) is 0 Å². The van der Waals surface area contributed by atoms with Crippen LogP contribution < -0.4 is 0 Å². The molecule has 0 radical (unpaired) electrons. The molecule has 0 atom stereocenters. The molecule has 2 aromatic carbocycles. The summed E-state index contributed by atoms with van der Waals surface area (Å²) in [7, 11) is 0. The smallest absolute Gasteiger partial charge is 0.137 e. The van der Waals surface area contributed by atoms with Crippen molar-refractivity contribution in [1.82, 2.24) is 0 Å². The molecule has 0 saturated carbocycles. The number of benzene rings is 2. The molecule has 3 heteroatoms. The predicted octanol–water partition coefficient (Wildman–Crippen LogP) is 5.32. The second-order valence-electron chi connectivity index (χ2n) is 4.62. The van der Waals surface area contributed by atoms with E-state index in [1.54, 1.807) is 18.2 Å². The molecule has 0 aliphatic heterocycles. The molecule has 2 aromatic rings. The van der Waals surface area contributed by atoms with Crippen LogP contribution in [-0.4, -0.2) is 0 Å². The minimum Gasteiger partial charge on any atom is -0.192 e. The zero-order valence-electron chi connectivity index (χ0n) is 12.3. The van der Waals surface area contributed by atoms with E-state index in [2.05, 4.69) is 0 Å². The largest absolute Gasteiger partial charge is 0.192 e. The lowest BCUT2D eigenvalue weighted by Gasteiger charge is -2.02. The zero-order valence-corrected chi connectivity index (χ0v) is 13.0. The summed E-state index contributed by atoms with van der Waals surface area (Å²) in [6, 6.07) is 22.8. The molecule has 0 unspecified atom stereocenters. The highest BCUT2D eigenvalue weighted by atomic mass is 35.5. The molecule has 0 aliphatic carbocycles. The first kappa shape index (κ1) is 16.3. The Labute approximate surface area is 140 Å². The highest BCUT2D eigenvalue weighted by Crippen LogP contribution is 2.22. The summed E-state index contributed by atoms with van der Waals surface area (Å²) < 4.78 is 0. The third-order valence-corrected chi connectivity index (χ3v) is 3.48. The molecule has 0 bridgehead atoms. The van der Waals surface area contributed by atoms with Gasteiger partial charge in [-0.15, -0.1) is 0 Å². The van der Waals surface area contributed by atoms with Gasteiger partial charge in [-0.25, -0.2) is 0 Å². The second-order valence-corrected chi connectivity index (χ2v) is 5.03. The molecule has 0 heterocycles. The normalized spacial score (nSPS) is 10.8. The number of allylic oxidation sites excluding steroid dienone is 5. The predicted molar refractivity (Wildman–Crippen MR) is 94.0 cm³/mol. The van der Waals surface area contributed by atoms with Crippen LogP contribution in [0.4, 0.5) is 0 Å². The fourth-order valence-corrected chi connectivity index (χ4v) is 2.21. The van der Waals surface area contributed by atoms with Crippen molar-refractivity contribution in [3.63, 3.8) is 0 Å². The van der Waals surface area contributed by atoms with E-state index in [4.69, 9.17) is 22.1 Å². The Morgan fingerprint density at radius 1 is 0.826 bits per heavy atom. The van der Waals surface area contributed by atoms with Gasteiger partial charge in [-0.05, 0) is 17.2 Å². The molecular formula is C20H13ClN2. The average molecular weight is 317 g/mol. The molecule has 110 valence electrons. The summed E-state index contributed by atoms with van der Waals surface area (Å²) in [4.78, 5) is 0. The molecule has 0 spiro atoms. The maximum atomic E-state index is 9.14. The van der Waals surface area contributed by atoms with E-state index >= 15 is 0 Å². The highest BCUT2D eigenvalue weighted by molar-refractivity contribution is 6.48. The Morgan fingerprint density at radius 2 is 1.35 bits per heavy atom. The van der Waals surface area contributed by atoms with Crippen LogP contribution in [0.1, 0.15) is 11.1 Å². The van der Waals surface area contributed by atoms with Crippen molar-refractivity contribution in [2.24, 2.45) is 0 Å². The molecular weight excluding hydrogens is 304 g/mol. The van der Waals surface area contributed by atoms with E-state index in [-0.39, 0.29) is 5.57 Å². The number of nitriles is 2. The SMILES string of the molecule is N#CC(C#N)=C(C=CC=C(Cl)c1ccccc1)c1ccccc1. The lowest BCUT2D eigenvalue weighted by atomic mass is 10.0. The van der Waals surface area contributed by atoms with Crippen LogP contribution in [0, 0.1) is 22.7 Å². The highest BCUT2D eigenvalue weighted by Gasteiger charge is 2.05. The van der Waals surface area contributed by atoms with Gasteiger partial charge in [0.05, 0.1) is 0 Å². The van der Waals surface area contributed by atoms with Crippen LogP contribution >= 0.6 is 11.6 Å². The van der Waals surface area contributed by atoms with E-state index in [9.17, 15) is 0 Å². The topological polar surface area (TPSA) is 47.6 Å². The fraction of sp³-hybridized carbons (Fsp3) is 0. The summed E-state index contributed by atoms with van der Waals surface area (Å²) >= 11 is 6.25. The Kier molecular flexibility index (Phi) is 5.95. The number of halogens is 1. The van der Waals surface area contributed by atoms with Crippen molar-refractivity contribution in [3.8, 4) is 12.1 Å². The van der Waals surface area contributed by atoms with Crippen LogP contribution in [0.15, 0.2) is 84.5 Å². The lowest BCUT2D eigenvalue weighted by Crippen LogP contribution is -1.85. The summed E-state index contributed by atoms with van der Waals surface area (Å²) in [5.74, 6) is 0. The van der Waals surface area contributed by atoms with E-state index in [1.807, 2.05) is 72.8 Å². The first-order chi connectivity index (χ1) is 11.3. The molecule has 0 N–H and O–H groups in total. The maximum absolute atomic E-state index is 9.14. The Morgan fingerprint density at radius 3 is 1.87 bits per heavy atom. The maximum Gasteiger partial charge on any atom is 0.137 e. The monoisotopic (exact) mass is 316 g/mol.